The van der Waals surface area contributed by atoms with Crippen molar-refractivity contribution in [3.8, 4) is 5.88 Å². The summed E-state index contributed by atoms with van der Waals surface area (Å²) in [4.78, 5) is 15.7. The molecule has 1 aromatic carbocycles. The van der Waals surface area contributed by atoms with Crippen LogP contribution in [0, 0.1) is 6.92 Å². The fraction of sp³-hybridized carbons (Fsp3) is 0.167. The topological polar surface area (TPSA) is 55.5 Å². The molecule has 1 aliphatic heterocycles. The largest absolute Gasteiger partial charge is 0.481 e. The molecule has 6 heteroatoms. The zero-order valence-electron chi connectivity index (χ0n) is 13.5. The molecular weight excluding hydrogens is 302 g/mol. The summed E-state index contributed by atoms with van der Waals surface area (Å²) in [5, 5.41) is 0. The maximum atomic E-state index is 5.14. The number of methoxy groups -OCH3 is 1. The Balaban J connectivity index is 1.80. The zero-order valence-corrected chi connectivity index (χ0v) is 13.5. The van der Waals surface area contributed by atoms with Crippen LogP contribution in [-0.2, 0) is 0 Å². The third-order valence-corrected chi connectivity index (χ3v) is 4.03. The van der Waals surface area contributed by atoms with E-state index in [1.807, 2.05) is 55.7 Å². The van der Waals surface area contributed by atoms with Crippen molar-refractivity contribution in [1.82, 2.24) is 14.5 Å². The van der Waals surface area contributed by atoms with E-state index >= 15 is 0 Å². The van der Waals surface area contributed by atoms with Gasteiger partial charge in [0.1, 0.15) is 5.82 Å². The van der Waals surface area contributed by atoms with Crippen LogP contribution in [0.15, 0.2) is 59.9 Å². The first-order valence-electron chi connectivity index (χ1n) is 7.70. The number of para-hydroxylation sites is 2. The van der Waals surface area contributed by atoms with E-state index in [4.69, 9.17) is 4.74 Å². The summed E-state index contributed by atoms with van der Waals surface area (Å²) in [5.74, 6) is 1.50. The second-order valence-corrected chi connectivity index (χ2v) is 5.47. The van der Waals surface area contributed by atoms with Crippen LogP contribution in [0.1, 0.15) is 12.1 Å². The predicted molar refractivity (Wildman–Crippen MR) is 94.4 cm³/mol. The summed E-state index contributed by atoms with van der Waals surface area (Å²) >= 11 is 0. The Bertz CT molecular complexity index is 926. The Morgan fingerprint density at radius 1 is 1.12 bits per heavy atom. The van der Waals surface area contributed by atoms with E-state index in [0.717, 1.165) is 22.5 Å². The first-order chi connectivity index (χ1) is 11.8. The summed E-state index contributed by atoms with van der Waals surface area (Å²) in [6.07, 6.45) is 7.26. The average molecular weight is 319 g/mol. The van der Waals surface area contributed by atoms with Gasteiger partial charge in [-0.1, -0.05) is 12.1 Å². The van der Waals surface area contributed by atoms with Crippen molar-refractivity contribution in [2.75, 3.05) is 12.0 Å². The fourth-order valence-electron chi connectivity index (χ4n) is 2.92. The van der Waals surface area contributed by atoms with Crippen molar-refractivity contribution in [1.29, 1.82) is 0 Å². The molecule has 24 heavy (non-hydrogen) atoms. The number of imidazole rings is 1. The van der Waals surface area contributed by atoms with Crippen LogP contribution in [0.3, 0.4) is 0 Å². The molecule has 6 nitrogen and oxygen atoms in total. The van der Waals surface area contributed by atoms with Gasteiger partial charge >= 0.3 is 0 Å². The molecule has 0 N–H and O–H groups in total. The van der Waals surface area contributed by atoms with E-state index in [0.29, 0.717) is 5.88 Å². The van der Waals surface area contributed by atoms with Gasteiger partial charge in [-0.3, -0.25) is 4.57 Å². The molecule has 0 saturated heterocycles. The minimum Gasteiger partial charge on any atom is -0.481 e. The van der Waals surface area contributed by atoms with E-state index in [1.54, 1.807) is 13.3 Å². The number of nitrogens with zero attached hydrogens (tertiary/aromatic N) is 5. The highest BCUT2D eigenvalue weighted by atomic mass is 16.5. The summed E-state index contributed by atoms with van der Waals surface area (Å²) in [7, 11) is 1.61. The third kappa shape index (κ3) is 2.32. The maximum absolute atomic E-state index is 5.14. The number of hydrogen-bond donors (Lipinski definition) is 0. The molecule has 0 saturated carbocycles. The number of aryl methyl sites for hydroxylation is 1. The molecular formula is C18H17N5O. The molecule has 1 aliphatic rings. The number of rotatable bonds is 3. The molecule has 3 aromatic rings. The van der Waals surface area contributed by atoms with Gasteiger partial charge in [0.2, 0.25) is 12.2 Å². The van der Waals surface area contributed by atoms with Gasteiger partial charge in [-0.25, -0.2) is 15.0 Å². The first-order valence-corrected chi connectivity index (χ1v) is 7.70. The van der Waals surface area contributed by atoms with Gasteiger partial charge in [-0.05, 0) is 31.2 Å². The quantitative estimate of drug-likeness (QED) is 0.743. The van der Waals surface area contributed by atoms with Gasteiger partial charge in [0.05, 0.1) is 30.0 Å². The monoisotopic (exact) mass is 319 g/mol. The molecule has 2 aromatic heterocycles. The molecule has 0 fully saturated rings. The van der Waals surface area contributed by atoms with Crippen molar-refractivity contribution < 1.29 is 4.74 Å². The first kappa shape index (κ1) is 14.4. The molecule has 0 amide bonds. The Hall–Kier alpha value is -3.15. The standard InChI is InChI=1S/C18H17N5O/c1-13-21-15-6-3-4-7-16(15)23(13)18-19-10-5-11-22(18)14-8-9-17(24-2)20-12-14/h3-12,18H,1-2H3. The van der Waals surface area contributed by atoms with Gasteiger partial charge in [0.25, 0.3) is 0 Å². The number of allylic oxidation sites excluding steroid dienone is 1. The summed E-state index contributed by atoms with van der Waals surface area (Å²) in [6, 6.07) is 11.9. The van der Waals surface area contributed by atoms with Crippen molar-refractivity contribution in [2.45, 2.75) is 13.2 Å². The smallest absolute Gasteiger partial charge is 0.213 e. The highest BCUT2D eigenvalue weighted by Gasteiger charge is 2.23. The van der Waals surface area contributed by atoms with Crippen molar-refractivity contribution in [2.24, 2.45) is 4.99 Å². The van der Waals surface area contributed by atoms with Crippen LogP contribution in [-0.4, -0.2) is 27.9 Å². The summed E-state index contributed by atoms with van der Waals surface area (Å²) < 4.78 is 7.26. The van der Waals surface area contributed by atoms with Gasteiger partial charge in [-0.15, -0.1) is 0 Å². The lowest BCUT2D eigenvalue weighted by atomic mass is 10.3. The summed E-state index contributed by atoms with van der Waals surface area (Å²) in [6.45, 7) is 2.00. The van der Waals surface area contributed by atoms with Gasteiger partial charge in [0.15, 0.2) is 0 Å². The lowest BCUT2D eigenvalue weighted by Crippen LogP contribution is -2.29. The molecule has 0 bridgehead atoms. The van der Waals surface area contributed by atoms with Gasteiger partial charge < -0.3 is 9.64 Å². The van der Waals surface area contributed by atoms with E-state index in [2.05, 4.69) is 30.5 Å². The number of pyridine rings is 1. The van der Waals surface area contributed by atoms with Crippen molar-refractivity contribution in [3.63, 3.8) is 0 Å². The molecule has 3 heterocycles. The number of aliphatic imine (C=N–C) groups is 1. The number of aromatic nitrogens is 3. The molecule has 120 valence electrons. The zero-order chi connectivity index (χ0) is 16.5. The van der Waals surface area contributed by atoms with Crippen molar-refractivity contribution in [3.05, 3.63) is 60.7 Å². The number of ether oxygens (including phenoxy) is 1. The van der Waals surface area contributed by atoms with E-state index in [1.165, 1.54) is 0 Å². The van der Waals surface area contributed by atoms with Crippen LogP contribution >= 0.6 is 0 Å². The molecule has 4 rings (SSSR count). The van der Waals surface area contributed by atoms with Gasteiger partial charge in [0, 0.05) is 18.5 Å². The predicted octanol–water partition coefficient (Wildman–Crippen LogP) is 3.31. The van der Waals surface area contributed by atoms with E-state index < -0.39 is 0 Å². The maximum Gasteiger partial charge on any atom is 0.213 e. The molecule has 0 aliphatic carbocycles. The average Bonchev–Trinajstić information content (AvgIpc) is 2.97. The van der Waals surface area contributed by atoms with Gasteiger partial charge in [-0.2, -0.15) is 0 Å². The SMILES string of the molecule is COc1ccc(N2C=CC=NC2n2c(C)nc3ccccc32)cn1. The van der Waals surface area contributed by atoms with E-state index in [9.17, 15) is 0 Å². The van der Waals surface area contributed by atoms with Crippen LogP contribution in [0.4, 0.5) is 5.69 Å². The number of anilines is 1. The second kappa shape index (κ2) is 5.81. The Kier molecular flexibility index (Phi) is 3.49. The van der Waals surface area contributed by atoms with Crippen LogP contribution in [0.5, 0.6) is 5.88 Å². The summed E-state index contributed by atoms with van der Waals surface area (Å²) in [5.41, 5.74) is 2.96. The van der Waals surface area contributed by atoms with E-state index in [-0.39, 0.29) is 6.29 Å². The number of benzene rings is 1. The lowest BCUT2D eigenvalue weighted by Gasteiger charge is -2.31. The minimum absolute atomic E-state index is 0.238. The Labute approximate surface area is 139 Å². The molecule has 0 spiro atoms. The Morgan fingerprint density at radius 2 is 2.00 bits per heavy atom. The minimum atomic E-state index is -0.238. The van der Waals surface area contributed by atoms with Crippen LogP contribution < -0.4 is 9.64 Å². The van der Waals surface area contributed by atoms with Crippen molar-refractivity contribution >= 4 is 22.9 Å². The van der Waals surface area contributed by atoms with Crippen LogP contribution in [0.25, 0.3) is 11.0 Å². The third-order valence-electron chi connectivity index (χ3n) is 4.03. The number of hydrogen-bond acceptors (Lipinski definition) is 5. The normalized spacial score (nSPS) is 16.8. The highest BCUT2D eigenvalue weighted by Crippen LogP contribution is 2.30. The molecule has 0 radical (unpaired) electrons. The van der Waals surface area contributed by atoms with Crippen LogP contribution in [0.2, 0.25) is 0 Å². The molecule has 1 unspecified atom stereocenters. The Morgan fingerprint density at radius 3 is 2.79 bits per heavy atom. The second-order valence-electron chi connectivity index (χ2n) is 5.47. The fourth-order valence-corrected chi connectivity index (χ4v) is 2.92. The molecule has 1 atom stereocenters. The lowest BCUT2D eigenvalue weighted by molar-refractivity contribution is 0.397. The number of fused-ring (bicyclic) bond motifs is 1. The highest BCUT2D eigenvalue weighted by molar-refractivity contribution is 5.78.